The third-order valence-electron chi connectivity index (χ3n) is 2.18. The van der Waals surface area contributed by atoms with Crippen LogP contribution in [-0.4, -0.2) is 22.7 Å². The molecule has 2 rings (SSSR count). The number of ether oxygens (including phenoxy) is 1. The molecule has 15 heavy (non-hydrogen) atoms. The molecule has 0 N–H and O–H groups in total. The number of aromatic nitrogens is 2. The van der Waals surface area contributed by atoms with Gasteiger partial charge in [0.2, 0.25) is 0 Å². The lowest BCUT2D eigenvalue weighted by Gasteiger charge is -1.96. The molecule has 0 fully saturated rings. The maximum atomic E-state index is 11.4. The summed E-state index contributed by atoms with van der Waals surface area (Å²) >= 11 is 3.36. The zero-order valence-electron chi connectivity index (χ0n) is 8.32. The van der Waals surface area contributed by atoms with Crippen molar-refractivity contribution < 1.29 is 9.53 Å². The Kier molecular flexibility index (Phi) is 2.48. The van der Waals surface area contributed by atoms with Gasteiger partial charge in [0.15, 0.2) is 5.69 Å². The zero-order chi connectivity index (χ0) is 11.0. The predicted octanol–water partition coefficient (Wildman–Crippen LogP) is 2.19. The third kappa shape index (κ3) is 1.52. The number of carbonyl (C=O) groups excluding carboxylic acids is 1. The Balaban J connectivity index is 2.75. The van der Waals surface area contributed by atoms with Crippen molar-refractivity contribution >= 4 is 27.4 Å². The average molecular weight is 269 g/mol. The zero-order valence-corrected chi connectivity index (χ0v) is 9.91. The van der Waals surface area contributed by atoms with Gasteiger partial charge in [0.1, 0.15) is 0 Å². The van der Waals surface area contributed by atoms with Crippen LogP contribution in [0.15, 0.2) is 22.8 Å². The first-order chi connectivity index (χ1) is 7.15. The maximum absolute atomic E-state index is 11.4. The van der Waals surface area contributed by atoms with Crippen LogP contribution in [0, 0.1) is 6.92 Å². The molecule has 2 aromatic heterocycles. The van der Waals surface area contributed by atoms with E-state index in [1.165, 1.54) is 7.11 Å². The second-order valence-corrected chi connectivity index (χ2v) is 3.93. The Labute approximate surface area is 95.0 Å². The molecule has 4 nitrogen and oxygen atoms in total. The Morgan fingerprint density at radius 2 is 2.33 bits per heavy atom. The van der Waals surface area contributed by atoms with Crippen LogP contribution in [-0.2, 0) is 4.74 Å². The fraction of sp³-hybridized carbons (Fsp3) is 0.200. The fourth-order valence-corrected chi connectivity index (χ4v) is 2.19. The number of esters is 1. The van der Waals surface area contributed by atoms with Gasteiger partial charge < -0.3 is 4.74 Å². The highest BCUT2D eigenvalue weighted by Gasteiger charge is 2.18. The van der Waals surface area contributed by atoms with E-state index in [2.05, 4.69) is 25.8 Å². The molecule has 0 bridgehead atoms. The Morgan fingerprint density at radius 3 is 2.93 bits per heavy atom. The summed E-state index contributed by atoms with van der Waals surface area (Å²) in [6.07, 6.45) is 1.79. The normalized spacial score (nSPS) is 10.6. The highest BCUT2D eigenvalue weighted by Crippen LogP contribution is 2.25. The van der Waals surface area contributed by atoms with Crippen LogP contribution in [0.5, 0.6) is 0 Å². The first kappa shape index (κ1) is 10.2. The molecule has 0 atom stereocenters. The second kappa shape index (κ2) is 3.66. The van der Waals surface area contributed by atoms with E-state index in [-0.39, 0.29) is 0 Å². The number of nitrogens with zero attached hydrogens (tertiary/aromatic N) is 2. The van der Waals surface area contributed by atoms with Gasteiger partial charge in [-0.1, -0.05) is 6.07 Å². The van der Waals surface area contributed by atoms with Crippen molar-refractivity contribution in [2.75, 3.05) is 7.11 Å². The molecule has 0 saturated carbocycles. The summed E-state index contributed by atoms with van der Waals surface area (Å²) in [5.41, 5.74) is 2.23. The summed E-state index contributed by atoms with van der Waals surface area (Å²) in [4.78, 5) is 11.4. The number of halogens is 1. The Bertz CT molecular complexity index is 533. The summed E-state index contributed by atoms with van der Waals surface area (Å²) in [6.45, 7) is 1.96. The van der Waals surface area contributed by atoms with Crippen LogP contribution < -0.4 is 0 Å². The number of fused-ring (bicyclic) bond motifs is 1. The Hall–Kier alpha value is -1.36. The monoisotopic (exact) mass is 268 g/mol. The van der Waals surface area contributed by atoms with E-state index in [1.807, 2.05) is 19.1 Å². The van der Waals surface area contributed by atoms with Crippen molar-refractivity contribution in [2.24, 2.45) is 0 Å². The lowest BCUT2D eigenvalue weighted by Crippen LogP contribution is -2.02. The van der Waals surface area contributed by atoms with E-state index in [1.54, 1.807) is 10.7 Å². The number of methoxy groups -OCH3 is 1. The van der Waals surface area contributed by atoms with Gasteiger partial charge in [-0.3, -0.25) is 0 Å². The number of hydrogen-bond donors (Lipinski definition) is 0. The number of rotatable bonds is 1. The molecule has 0 radical (unpaired) electrons. The molecule has 0 aromatic carbocycles. The van der Waals surface area contributed by atoms with Crippen molar-refractivity contribution in [3.8, 4) is 0 Å². The van der Waals surface area contributed by atoms with E-state index in [4.69, 9.17) is 0 Å². The molecule has 5 heteroatoms. The molecule has 0 aliphatic rings. The molecule has 0 unspecified atom stereocenters. The van der Waals surface area contributed by atoms with E-state index < -0.39 is 5.97 Å². The highest BCUT2D eigenvalue weighted by molar-refractivity contribution is 9.10. The summed E-state index contributed by atoms with van der Waals surface area (Å²) in [5.74, 6) is -0.440. The summed E-state index contributed by atoms with van der Waals surface area (Å²) in [7, 11) is 1.34. The topological polar surface area (TPSA) is 43.6 Å². The summed E-state index contributed by atoms with van der Waals surface area (Å²) in [5, 5.41) is 4.14. The fourth-order valence-electron chi connectivity index (χ4n) is 1.45. The van der Waals surface area contributed by atoms with E-state index in [0.717, 1.165) is 11.1 Å². The van der Waals surface area contributed by atoms with Crippen molar-refractivity contribution in [1.82, 2.24) is 9.61 Å². The van der Waals surface area contributed by atoms with Gasteiger partial charge in [-0.25, -0.2) is 9.31 Å². The average Bonchev–Trinajstić information content (AvgIpc) is 2.56. The van der Waals surface area contributed by atoms with Gasteiger partial charge in [0.25, 0.3) is 0 Å². The van der Waals surface area contributed by atoms with Gasteiger partial charge in [-0.2, -0.15) is 5.10 Å². The van der Waals surface area contributed by atoms with Crippen molar-refractivity contribution in [2.45, 2.75) is 6.92 Å². The molecule has 0 saturated heterocycles. The van der Waals surface area contributed by atoms with E-state index >= 15 is 0 Å². The number of aryl methyl sites for hydroxylation is 1. The number of hydrogen-bond acceptors (Lipinski definition) is 3. The molecule has 78 valence electrons. The second-order valence-electron chi connectivity index (χ2n) is 3.14. The molecule has 0 amide bonds. The maximum Gasteiger partial charge on any atom is 0.359 e. The van der Waals surface area contributed by atoms with Crippen molar-refractivity contribution in [3.63, 3.8) is 0 Å². The molecule has 0 spiro atoms. The molecular formula is C10H9BrN2O2. The van der Waals surface area contributed by atoms with Crippen LogP contribution in [0.3, 0.4) is 0 Å². The number of pyridine rings is 1. The van der Waals surface area contributed by atoms with Gasteiger partial charge in [0, 0.05) is 6.20 Å². The summed E-state index contributed by atoms with van der Waals surface area (Å²) in [6, 6.07) is 3.84. The van der Waals surface area contributed by atoms with Crippen LogP contribution in [0.4, 0.5) is 0 Å². The Morgan fingerprint density at radius 1 is 1.60 bits per heavy atom. The summed E-state index contributed by atoms with van der Waals surface area (Å²) < 4.78 is 6.97. The van der Waals surface area contributed by atoms with E-state index in [9.17, 15) is 4.79 Å². The number of carbonyl (C=O) groups is 1. The first-order valence-electron chi connectivity index (χ1n) is 4.37. The van der Waals surface area contributed by atoms with Crippen LogP contribution in [0.25, 0.3) is 5.52 Å². The molecule has 2 aromatic rings. The van der Waals surface area contributed by atoms with Crippen LogP contribution in [0.2, 0.25) is 0 Å². The molecule has 0 aliphatic heterocycles. The minimum atomic E-state index is -0.440. The van der Waals surface area contributed by atoms with Gasteiger partial charge in [0.05, 0.1) is 17.1 Å². The van der Waals surface area contributed by atoms with E-state index in [0.29, 0.717) is 10.2 Å². The lowest BCUT2D eigenvalue weighted by atomic mass is 10.2. The van der Waals surface area contributed by atoms with Gasteiger partial charge >= 0.3 is 5.97 Å². The minimum absolute atomic E-state index is 0.298. The standard InChI is InChI=1S/C10H9BrN2O2/c1-6-4-3-5-13-9(6)7(11)8(12-13)10(14)15-2/h3-5H,1-2H3. The molecule has 2 heterocycles. The molecule has 0 aliphatic carbocycles. The lowest BCUT2D eigenvalue weighted by molar-refractivity contribution is 0.0592. The van der Waals surface area contributed by atoms with Crippen LogP contribution >= 0.6 is 15.9 Å². The third-order valence-corrected chi connectivity index (χ3v) is 2.93. The largest absolute Gasteiger partial charge is 0.464 e. The van der Waals surface area contributed by atoms with Crippen molar-refractivity contribution in [3.05, 3.63) is 34.1 Å². The SMILES string of the molecule is COC(=O)c1nn2cccc(C)c2c1Br. The molecular weight excluding hydrogens is 260 g/mol. The smallest absolute Gasteiger partial charge is 0.359 e. The highest BCUT2D eigenvalue weighted by atomic mass is 79.9. The minimum Gasteiger partial charge on any atom is -0.464 e. The first-order valence-corrected chi connectivity index (χ1v) is 5.16. The van der Waals surface area contributed by atoms with Gasteiger partial charge in [-0.05, 0) is 34.5 Å². The quantitative estimate of drug-likeness (QED) is 0.745. The predicted molar refractivity (Wildman–Crippen MR) is 59.0 cm³/mol. The van der Waals surface area contributed by atoms with Gasteiger partial charge in [-0.15, -0.1) is 0 Å². The van der Waals surface area contributed by atoms with Crippen LogP contribution in [0.1, 0.15) is 16.1 Å². The van der Waals surface area contributed by atoms with Crippen molar-refractivity contribution in [1.29, 1.82) is 0 Å².